The molecule has 0 aliphatic rings. The van der Waals surface area contributed by atoms with Crippen molar-refractivity contribution in [3.8, 4) is 16.9 Å². The van der Waals surface area contributed by atoms with Gasteiger partial charge in [0.1, 0.15) is 5.75 Å². The molecule has 3 rings (SSSR count). The van der Waals surface area contributed by atoms with E-state index in [2.05, 4.69) is 78.6 Å². The van der Waals surface area contributed by atoms with Gasteiger partial charge in [-0.1, -0.05) is 67.9 Å². The summed E-state index contributed by atoms with van der Waals surface area (Å²) in [5, 5.41) is 0. The molecule has 0 amide bonds. The lowest BCUT2D eigenvalue weighted by Crippen LogP contribution is -2.23. The molecule has 0 aliphatic heterocycles. The van der Waals surface area contributed by atoms with Gasteiger partial charge >= 0.3 is 0 Å². The molecule has 26 heavy (non-hydrogen) atoms. The Bertz CT molecular complexity index is 779. The summed E-state index contributed by atoms with van der Waals surface area (Å²) >= 11 is 0. The van der Waals surface area contributed by atoms with E-state index >= 15 is 0 Å². The van der Waals surface area contributed by atoms with Gasteiger partial charge in [-0.25, -0.2) is 0 Å². The van der Waals surface area contributed by atoms with Crippen LogP contribution in [0, 0.1) is 0 Å². The first-order valence-corrected chi connectivity index (χ1v) is 9.33. The highest BCUT2D eigenvalue weighted by molar-refractivity contribution is 5.63. The highest BCUT2D eigenvalue weighted by Crippen LogP contribution is 2.23. The number of anilines is 1. The maximum Gasteiger partial charge on any atom is 0.119 e. The fourth-order valence-corrected chi connectivity index (χ4v) is 3.10. The second kappa shape index (κ2) is 9.10. The minimum atomic E-state index is 0.899. The molecule has 0 heterocycles. The maximum absolute atomic E-state index is 5.29. The highest BCUT2D eigenvalue weighted by atomic mass is 16.5. The Morgan fingerprint density at radius 1 is 0.769 bits per heavy atom. The van der Waals surface area contributed by atoms with Crippen molar-refractivity contribution in [2.45, 2.75) is 26.3 Å². The smallest absolute Gasteiger partial charge is 0.119 e. The Morgan fingerprint density at radius 3 is 2.04 bits per heavy atom. The Hall–Kier alpha value is -2.74. The topological polar surface area (TPSA) is 12.5 Å². The minimum absolute atomic E-state index is 0.899. The van der Waals surface area contributed by atoms with Crippen molar-refractivity contribution in [2.75, 3.05) is 18.6 Å². The number of hydrogen-bond donors (Lipinski definition) is 0. The van der Waals surface area contributed by atoms with E-state index in [1.54, 1.807) is 7.11 Å². The van der Waals surface area contributed by atoms with Crippen LogP contribution in [-0.2, 0) is 6.54 Å². The standard InChI is InChI=1S/C24H27NO/c1-3-4-18-25(23-14-16-24(26-2)17-15-23)19-20-10-12-22(13-11-20)21-8-6-5-7-9-21/h5-17H,3-4,18-19H2,1-2H3. The van der Waals surface area contributed by atoms with Gasteiger partial charge in [0.15, 0.2) is 0 Å². The highest BCUT2D eigenvalue weighted by Gasteiger charge is 2.08. The summed E-state index contributed by atoms with van der Waals surface area (Å²) in [5.74, 6) is 0.899. The fraction of sp³-hybridized carbons (Fsp3) is 0.250. The van der Waals surface area contributed by atoms with Gasteiger partial charge in [-0.2, -0.15) is 0 Å². The Morgan fingerprint density at radius 2 is 1.42 bits per heavy atom. The zero-order valence-electron chi connectivity index (χ0n) is 15.7. The van der Waals surface area contributed by atoms with Gasteiger partial charge < -0.3 is 9.64 Å². The summed E-state index contributed by atoms with van der Waals surface area (Å²) in [6.45, 7) is 4.21. The van der Waals surface area contributed by atoms with E-state index in [9.17, 15) is 0 Å². The number of methoxy groups -OCH3 is 1. The Balaban J connectivity index is 1.75. The van der Waals surface area contributed by atoms with Crippen LogP contribution in [-0.4, -0.2) is 13.7 Å². The van der Waals surface area contributed by atoms with E-state index in [0.717, 1.165) is 18.8 Å². The molecule has 0 spiro atoms. The lowest BCUT2D eigenvalue weighted by molar-refractivity contribution is 0.415. The zero-order valence-corrected chi connectivity index (χ0v) is 15.7. The van der Waals surface area contributed by atoms with Crippen molar-refractivity contribution in [2.24, 2.45) is 0 Å². The van der Waals surface area contributed by atoms with Crippen molar-refractivity contribution < 1.29 is 4.74 Å². The van der Waals surface area contributed by atoms with E-state index in [4.69, 9.17) is 4.74 Å². The maximum atomic E-state index is 5.29. The van der Waals surface area contributed by atoms with Gasteiger partial charge in [0, 0.05) is 18.8 Å². The minimum Gasteiger partial charge on any atom is -0.497 e. The molecular weight excluding hydrogens is 318 g/mol. The van der Waals surface area contributed by atoms with E-state index in [1.165, 1.54) is 35.2 Å². The number of nitrogens with zero attached hydrogens (tertiary/aromatic N) is 1. The molecule has 2 heteroatoms. The summed E-state index contributed by atoms with van der Waals surface area (Å²) < 4.78 is 5.29. The molecular formula is C24H27NO. The van der Waals surface area contributed by atoms with Gasteiger partial charge in [-0.3, -0.25) is 0 Å². The molecule has 0 unspecified atom stereocenters. The molecule has 0 saturated heterocycles. The Labute approximate surface area is 157 Å². The third-order valence-corrected chi connectivity index (χ3v) is 4.65. The summed E-state index contributed by atoms with van der Waals surface area (Å²) in [4.78, 5) is 2.44. The first-order chi connectivity index (χ1) is 12.8. The van der Waals surface area contributed by atoms with Gasteiger partial charge in [0.05, 0.1) is 7.11 Å². The van der Waals surface area contributed by atoms with Crippen molar-refractivity contribution in [1.29, 1.82) is 0 Å². The number of unbranched alkanes of at least 4 members (excludes halogenated alkanes) is 1. The van der Waals surface area contributed by atoms with Crippen LogP contribution in [0.2, 0.25) is 0 Å². The van der Waals surface area contributed by atoms with Crippen LogP contribution >= 0.6 is 0 Å². The molecule has 0 N–H and O–H groups in total. The molecule has 134 valence electrons. The normalized spacial score (nSPS) is 10.5. The van der Waals surface area contributed by atoms with Crippen molar-refractivity contribution in [3.63, 3.8) is 0 Å². The largest absolute Gasteiger partial charge is 0.497 e. The average Bonchev–Trinajstić information content (AvgIpc) is 2.72. The molecule has 0 radical (unpaired) electrons. The zero-order chi connectivity index (χ0) is 18.2. The van der Waals surface area contributed by atoms with Crippen LogP contribution in [0.5, 0.6) is 5.75 Å². The number of hydrogen-bond acceptors (Lipinski definition) is 2. The van der Waals surface area contributed by atoms with Crippen LogP contribution in [0.1, 0.15) is 25.3 Å². The first kappa shape index (κ1) is 18.1. The molecule has 3 aromatic carbocycles. The molecule has 3 aromatic rings. The molecule has 0 bridgehead atoms. The van der Waals surface area contributed by atoms with Crippen LogP contribution in [0.25, 0.3) is 11.1 Å². The molecule has 0 aliphatic carbocycles. The van der Waals surface area contributed by atoms with Gasteiger partial charge in [-0.05, 0) is 47.4 Å². The van der Waals surface area contributed by atoms with Gasteiger partial charge in [-0.15, -0.1) is 0 Å². The quantitative estimate of drug-likeness (QED) is 0.484. The third kappa shape index (κ3) is 4.66. The second-order valence-corrected chi connectivity index (χ2v) is 6.54. The van der Waals surface area contributed by atoms with E-state index in [0.29, 0.717) is 0 Å². The van der Waals surface area contributed by atoms with Crippen molar-refractivity contribution >= 4 is 5.69 Å². The monoisotopic (exact) mass is 345 g/mol. The van der Waals surface area contributed by atoms with Gasteiger partial charge in [0.2, 0.25) is 0 Å². The molecule has 2 nitrogen and oxygen atoms in total. The predicted molar refractivity (Wildman–Crippen MR) is 111 cm³/mol. The third-order valence-electron chi connectivity index (χ3n) is 4.65. The summed E-state index contributed by atoms with van der Waals surface area (Å²) in [6.07, 6.45) is 2.38. The van der Waals surface area contributed by atoms with E-state index in [-0.39, 0.29) is 0 Å². The first-order valence-electron chi connectivity index (χ1n) is 9.33. The molecule has 0 atom stereocenters. The molecule has 0 fully saturated rings. The van der Waals surface area contributed by atoms with Crippen LogP contribution in [0.4, 0.5) is 5.69 Å². The molecule has 0 aromatic heterocycles. The van der Waals surface area contributed by atoms with Crippen molar-refractivity contribution in [1.82, 2.24) is 0 Å². The Kier molecular flexibility index (Phi) is 6.32. The van der Waals surface area contributed by atoms with Crippen molar-refractivity contribution in [3.05, 3.63) is 84.4 Å². The number of rotatable bonds is 8. The van der Waals surface area contributed by atoms with Gasteiger partial charge in [0.25, 0.3) is 0 Å². The second-order valence-electron chi connectivity index (χ2n) is 6.54. The van der Waals surface area contributed by atoms with Crippen LogP contribution in [0.15, 0.2) is 78.9 Å². The SMILES string of the molecule is CCCCN(Cc1ccc(-c2ccccc2)cc1)c1ccc(OC)cc1. The number of ether oxygens (including phenoxy) is 1. The van der Waals surface area contributed by atoms with Crippen LogP contribution in [0.3, 0.4) is 0 Å². The molecule has 0 saturated carbocycles. The lowest BCUT2D eigenvalue weighted by atomic mass is 10.0. The lowest BCUT2D eigenvalue weighted by Gasteiger charge is -2.25. The predicted octanol–water partition coefficient (Wildman–Crippen LogP) is 6.17. The summed E-state index contributed by atoms with van der Waals surface area (Å²) in [7, 11) is 1.71. The van der Waals surface area contributed by atoms with E-state index in [1.807, 2.05) is 12.1 Å². The average molecular weight is 345 g/mol. The van der Waals surface area contributed by atoms with Crippen LogP contribution < -0.4 is 9.64 Å². The van der Waals surface area contributed by atoms with E-state index < -0.39 is 0 Å². The summed E-state index contributed by atoms with van der Waals surface area (Å²) in [6, 6.07) is 27.8. The fourth-order valence-electron chi connectivity index (χ4n) is 3.10. The summed E-state index contributed by atoms with van der Waals surface area (Å²) in [5.41, 5.74) is 5.10. The number of benzene rings is 3.